The van der Waals surface area contributed by atoms with Gasteiger partial charge < -0.3 is 29.5 Å². The standard InChI is InChI=1S/C31H37ClF3N7O4/c1-5-23-25(39-8-10-40(11-9-39)29(45)46-30(2,3)4)27(44)42-28(37-26(38-42)19-13-17-12-18(17)14-19)41(23)16-24(43)36-22-7-6-20(15-21(22)32)31(33,34)35/h6-7,13,15,17-18,24,36,43H,5,8-12,14,16H2,1-4H3. The molecular formula is C31H37ClF3N7O4. The van der Waals surface area contributed by atoms with Gasteiger partial charge in [0.05, 0.1) is 22.8 Å². The summed E-state index contributed by atoms with van der Waals surface area (Å²) >= 11 is 6.15. The van der Waals surface area contributed by atoms with Gasteiger partial charge in [-0.25, -0.2) is 4.79 Å². The van der Waals surface area contributed by atoms with E-state index >= 15 is 0 Å². The third-order valence-corrected chi connectivity index (χ3v) is 8.86. The summed E-state index contributed by atoms with van der Waals surface area (Å²) in [4.78, 5) is 35.1. The van der Waals surface area contributed by atoms with Crippen molar-refractivity contribution in [1.29, 1.82) is 0 Å². The maximum absolute atomic E-state index is 14.1. The summed E-state index contributed by atoms with van der Waals surface area (Å²) in [5.74, 6) is 1.81. The molecule has 3 heterocycles. The van der Waals surface area contributed by atoms with Gasteiger partial charge in [-0.3, -0.25) is 4.79 Å². The fraction of sp³-hybridized carbons (Fsp3) is 0.548. The predicted molar refractivity (Wildman–Crippen MR) is 167 cm³/mol. The highest BCUT2D eigenvalue weighted by Gasteiger charge is 2.42. The smallest absolute Gasteiger partial charge is 0.416 e. The molecule has 3 aromatic rings. The van der Waals surface area contributed by atoms with Crippen molar-refractivity contribution in [2.24, 2.45) is 11.8 Å². The van der Waals surface area contributed by atoms with Crippen molar-refractivity contribution in [2.75, 3.05) is 36.4 Å². The SMILES string of the molecule is CCc1c(N2CCN(C(=O)OC(C)(C)C)CC2)c(=O)n2nc(C3=CC4CC4C3)nc2n1CC(O)Nc1ccc(C(F)(F)F)cc1Cl. The molecule has 1 aromatic carbocycles. The lowest BCUT2D eigenvalue weighted by atomic mass is 10.2. The van der Waals surface area contributed by atoms with Crippen molar-refractivity contribution in [1.82, 2.24) is 24.1 Å². The van der Waals surface area contributed by atoms with Gasteiger partial charge in [0.25, 0.3) is 5.56 Å². The Morgan fingerprint density at radius 2 is 1.91 bits per heavy atom. The highest BCUT2D eigenvalue weighted by Crippen LogP contribution is 2.52. The Morgan fingerprint density at radius 3 is 2.50 bits per heavy atom. The number of benzene rings is 1. The highest BCUT2D eigenvalue weighted by molar-refractivity contribution is 6.33. The monoisotopic (exact) mass is 663 g/mol. The minimum atomic E-state index is -4.56. The van der Waals surface area contributed by atoms with E-state index in [1.165, 1.54) is 10.6 Å². The number of carbonyl (C=O) groups excluding carboxylic acids is 1. The molecule has 0 radical (unpaired) electrons. The molecule has 3 atom stereocenters. The largest absolute Gasteiger partial charge is 0.444 e. The Bertz CT molecular complexity index is 1760. The van der Waals surface area contributed by atoms with Gasteiger partial charge in [0.1, 0.15) is 17.5 Å². The van der Waals surface area contributed by atoms with Crippen LogP contribution in [0, 0.1) is 11.8 Å². The van der Waals surface area contributed by atoms with Gasteiger partial charge in [0, 0.05) is 31.9 Å². The van der Waals surface area contributed by atoms with Crippen molar-refractivity contribution in [3.8, 4) is 0 Å². The van der Waals surface area contributed by atoms with E-state index in [4.69, 9.17) is 21.3 Å². The van der Waals surface area contributed by atoms with E-state index in [0.717, 1.165) is 30.5 Å². The zero-order valence-corrected chi connectivity index (χ0v) is 26.8. The summed E-state index contributed by atoms with van der Waals surface area (Å²) in [6, 6.07) is 2.85. The molecule has 2 aliphatic carbocycles. The number of nitrogens with zero attached hydrogens (tertiary/aromatic N) is 6. The van der Waals surface area contributed by atoms with E-state index in [0.29, 0.717) is 61.6 Å². The van der Waals surface area contributed by atoms with Gasteiger partial charge >= 0.3 is 12.3 Å². The lowest BCUT2D eigenvalue weighted by Crippen LogP contribution is -2.51. The van der Waals surface area contributed by atoms with Gasteiger partial charge in [-0.2, -0.15) is 22.7 Å². The number of ether oxygens (including phenoxy) is 1. The fourth-order valence-electron chi connectivity index (χ4n) is 6.22. The summed E-state index contributed by atoms with van der Waals surface area (Å²) < 4.78 is 48.0. The average molecular weight is 664 g/mol. The second-order valence-corrected chi connectivity index (χ2v) is 13.5. The number of hydrogen-bond donors (Lipinski definition) is 2. The van der Waals surface area contributed by atoms with Crippen LogP contribution in [0.1, 0.15) is 57.6 Å². The molecule has 1 aliphatic heterocycles. The number of aliphatic hydroxyl groups is 1. The molecule has 1 saturated heterocycles. The van der Waals surface area contributed by atoms with Gasteiger partial charge in [-0.1, -0.05) is 24.6 Å². The van der Waals surface area contributed by atoms with Crippen molar-refractivity contribution in [3.63, 3.8) is 0 Å². The number of nitrogens with one attached hydrogen (secondary N) is 1. The number of anilines is 2. The number of aliphatic hydroxyl groups excluding tert-OH is 1. The number of fused-ring (bicyclic) bond motifs is 2. The second kappa shape index (κ2) is 11.8. The molecule has 3 aliphatic rings. The quantitative estimate of drug-likeness (QED) is 0.338. The van der Waals surface area contributed by atoms with E-state index in [1.54, 1.807) is 30.2 Å². The van der Waals surface area contributed by atoms with Crippen molar-refractivity contribution in [2.45, 2.75) is 71.5 Å². The maximum atomic E-state index is 14.1. The third-order valence-electron chi connectivity index (χ3n) is 8.54. The Labute approximate surface area is 268 Å². The number of allylic oxidation sites excluding steroid dienone is 2. The van der Waals surface area contributed by atoms with E-state index < -0.39 is 29.7 Å². The zero-order chi connectivity index (χ0) is 33.1. The number of piperazine rings is 1. The Morgan fingerprint density at radius 1 is 1.20 bits per heavy atom. The van der Waals surface area contributed by atoms with E-state index in [1.807, 2.05) is 11.8 Å². The molecule has 2 N–H and O–H groups in total. The molecular weight excluding hydrogens is 627 g/mol. The lowest BCUT2D eigenvalue weighted by molar-refractivity contribution is -0.137. The fourth-order valence-corrected chi connectivity index (χ4v) is 6.46. The van der Waals surface area contributed by atoms with Crippen LogP contribution in [0.3, 0.4) is 0 Å². The third kappa shape index (κ3) is 6.41. The zero-order valence-electron chi connectivity index (χ0n) is 26.1. The molecule has 2 fully saturated rings. The summed E-state index contributed by atoms with van der Waals surface area (Å²) in [6.07, 6.45) is -1.75. The second-order valence-electron chi connectivity index (χ2n) is 13.1. The van der Waals surface area contributed by atoms with Crippen LogP contribution in [0.15, 0.2) is 29.1 Å². The normalized spacial score (nSPS) is 20.5. The van der Waals surface area contributed by atoms with Crippen molar-refractivity contribution in [3.05, 3.63) is 56.7 Å². The lowest BCUT2D eigenvalue weighted by Gasteiger charge is -2.37. The summed E-state index contributed by atoms with van der Waals surface area (Å²) in [7, 11) is 0. The molecule has 0 bridgehead atoms. The molecule has 0 spiro atoms. The first-order valence-electron chi connectivity index (χ1n) is 15.4. The maximum Gasteiger partial charge on any atom is 0.416 e. The minimum Gasteiger partial charge on any atom is -0.444 e. The van der Waals surface area contributed by atoms with E-state index in [9.17, 15) is 27.9 Å². The van der Waals surface area contributed by atoms with Crippen molar-refractivity contribution >= 4 is 40.4 Å². The number of hydrogen-bond acceptors (Lipinski definition) is 8. The van der Waals surface area contributed by atoms with Crippen molar-refractivity contribution < 1.29 is 27.8 Å². The van der Waals surface area contributed by atoms with Crippen LogP contribution in [-0.2, 0) is 23.9 Å². The number of alkyl halides is 3. The number of carbonyl (C=O) groups is 1. The Balaban J connectivity index is 1.34. The van der Waals surface area contributed by atoms with Gasteiger partial charge in [-0.15, -0.1) is 5.10 Å². The number of amides is 1. The molecule has 248 valence electrons. The minimum absolute atomic E-state index is 0.113. The summed E-state index contributed by atoms with van der Waals surface area (Å²) in [6.45, 7) is 8.59. The molecule has 6 rings (SSSR count). The average Bonchev–Trinajstić information content (AvgIpc) is 3.35. The van der Waals surface area contributed by atoms with Crippen LogP contribution in [0.4, 0.5) is 29.3 Å². The van der Waals surface area contributed by atoms with Crippen LogP contribution in [-0.4, -0.2) is 73.3 Å². The molecule has 1 amide bonds. The number of rotatable bonds is 7. The first-order chi connectivity index (χ1) is 21.6. The molecule has 11 nitrogen and oxygen atoms in total. The summed E-state index contributed by atoms with van der Waals surface area (Å²) in [5.41, 5.74) is 0.193. The predicted octanol–water partition coefficient (Wildman–Crippen LogP) is 5.04. The van der Waals surface area contributed by atoms with Crippen LogP contribution in [0.2, 0.25) is 5.02 Å². The molecule has 2 aromatic heterocycles. The molecule has 1 saturated carbocycles. The van der Waals surface area contributed by atoms with Gasteiger partial charge in [-0.05, 0) is 75.6 Å². The van der Waals surface area contributed by atoms with Crippen LogP contribution in [0.25, 0.3) is 11.4 Å². The number of aromatic nitrogens is 4. The Hall–Kier alpha value is -3.78. The highest BCUT2D eigenvalue weighted by atomic mass is 35.5. The summed E-state index contributed by atoms with van der Waals surface area (Å²) in [5, 5.41) is 18.4. The van der Waals surface area contributed by atoms with Gasteiger partial charge in [0.2, 0.25) is 5.78 Å². The first kappa shape index (κ1) is 32.2. The van der Waals surface area contributed by atoms with E-state index in [2.05, 4.69) is 16.5 Å². The molecule has 46 heavy (non-hydrogen) atoms. The molecule has 15 heteroatoms. The van der Waals surface area contributed by atoms with Crippen LogP contribution >= 0.6 is 11.6 Å². The first-order valence-corrected chi connectivity index (χ1v) is 15.8. The van der Waals surface area contributed by atoms with Gasteiger partial charge in [0.15, 0.2) is 5.82 Å². The van der Waals surface area contributed by atoms with Crippen LogP contribution < -0.4 is 15.8 Å². The van der Waals surface area contributed by atoms with Crippen LogP contribution in [0.5, 0.6) is 0 Å². The van der Waals surface area contributed by atoms with E-state index in [-0.39, 0.29) is 28.6 Å². The topological polar surface area (TPSA) is 117 Å². The number of halogens is 4. The Kier molecular flexibility index (Phi) is 8.24. The molecule has 3 unspecified atom stereocenters.